The highest BCUT2D eigenvalue weighted by atomic mass is 35.5. The number of benzene rings is 1. The minimum absolute atomic E-state index is 0. The summed E-state index contributed by atoms with van der Waals surface area (Å²) < 4.78 is 0. The van der Waals surface area contributed by atoms with Crippen LogP contribution in [0.5, 0.6) is 0 Å². The molecule has 0 radical (unpaired) electrons. The molecule has 0 aliphatic carbocycles. The first-order valence-corrected chi connectivity index (χ1v) is 9.88. The standard InChI is InChI=1S/C21H33N3O2.ClH/c1-3-4-17-5-8-19(9-6-17)16(2)24(15-20(22)25)21(26)10-7-18-11-13-23-14-12-18;/h5-6,8-9,16,18,23H,3-4,7,10-15H2,1-2H3,(H2,22,25);1H. The Balaban J connectivity index is 0.00000364. The number of hydrogen-bond donors (Lipinski definition) is 2. The molecule has 3 N–H and O–H groups in total. The molecule has 0 bridgehead atoms. The van der Waals surface area contributed by atoms with Crippen LogP contribution in [0.4, 0.5) is 0 Å². The van der Waals surface area contributed by atoms with Gasteiger partial charge in [-0.15, -0.1) is 12.4 Å². The van der Waals surface area contributed by atoms with E-state index in [2.05, 4.69) is 36.5 Å². The summed E-state index contributed by atoms with van der Waals surface area (Å²) in [5, 5.41) is 3.35. The normalized spacial score (nSPS) is 15.6. The van der Waals surface area contributed by atoms with Gasteiger partial charge in [-0.25, -0.2) is 0 Å². The lowest BCUT2D eigenvalue weighted by atomic mass is 9.92. The predicted molar refractivity (Wildman–Crippen MR) is 112 cm³/mol. The molecule has 1 heterocycles. The maximum Gasteiger partial charge on any atom is 0.237 e. The first kappa shape index (κ1) is 23.4. The zero-order chi connectivity index (χ0) is 18.9. The average Bonchev–Trinajstić information content (AvgIpc) is 2.65. The van der Waals surface area contributed by atoms with E-state index < -0.39 is 5.91 Å². The number of primary amides is 1. The monoisotopic (exact) mass is 395 g/mol. The van der Waals surface area contributed by atoms with E-state index in [0.29, 0.717) is 12.3 Å². The molecule has 27 heavy (non-hydrogen) atoms. The molecule has 0 aromatic heterocycles. The summed E-state index contributed by atoms with van der Waals surface area (Å²) >= 11 is 0. The highest BCUT2D eigenvalue weighted by molar-refractivity contribution is 5.85. The Morgan fingerprint density at radius 2 is 1.85 bits per heavy atom. The fourth-order valence-corrected chi connectivity index (χ4v) is 3.68. The zero-order valence-corrected chi connectivity index (χ0v) is 17.4. The number of nitrogens with two attached hydrogens (primary N) is 1. The van der Waals surface area contributed by atoms with Crippen molar-refractivity contribution in [3.8, 4) is 0 Å². The second-order valence-corrected chi connectivity index (χ2v) is 7.39. The number of carbonyl (C=O) groups is 2. The third-order valence-corrected chi connectivity index (χ3v) is 5.34. The molecule has 2 rings (SSSR count). The van der Waals surface area contributed by atoms with Crippen LogP contribution < -0.4 is 11.1 Å². The van der Waals surface area contributed by atoms with Gasteiger partial charge < -0.3 is 16.0 Å². The fraction of sp³-hybridized carbons (Fsp3) is 0.619. The van der Waals surface area contributed by atoms with Gasteiger partial charge in [0, 0.05) is 6.42 Å². The van der Waals surface area contributed by atoms with Gasteiger partial charge in [0.15, 0.2) is 0 Å². The van der Waals surface area contributed by atoms with E-state index in [0.717, 1.165) is 50.8 Å². The van der Waals surface area contributed by atoms with E-state index in [-0.39, 0.29) is 30.9 Å². The van der Waals surface area contributed by atoms with E-state index >= 15 is 0 Å². The van der Waals surface area contributed by atoms with Crippen LogP contribution in [0.15, 0.2) is 24.3 Å². The molecular weight excluding hydrogens is 362 g/mol. The van der Waals surface area contributed by atoms with Crippen LogP contribution in [-0.4, -0.2) is 36.3 Å². The SMILES string of the molecule is CCCc1ccc(C(C)N(CC(N)=O)C(=O)CCC2CCNCC2)cc1.Cl. The molecule has 0 spiro atoms. The van der Waals surface area contributed by atoms with Gasteiger partial charge in [0.25, 0.3) is 0 Å². The van der Waals surface area contributed by atoms with Gasteiger partial charge in [-0.3, -0.25) is 9.59 Å². The Bertz CT molecular complexity index is 586. The molecule has 5 nitrogen and oxygen atoms in total. The molecule has 1 aromatic rings. The van der Waals surface area contributed by atoms with Crippen molar-refractivity contribution in [3.05, 3.63) is 35.4 Å². The smallest absolute Gasteiger partial charge is 0.237 e. The molecule has 1 fully saturated rings. The summed E-state index contributed by atoms with van der Waals surface area (Å²) in [6.45, 7) is 6.17. The van der Waals surface area contributed by atoms with Crippen LogP contribution >= 0.6 is 12.4 Å². The van der Waals surface area contributed by atoms with Gasteiger partial charge in [0.1, 0.15) is 0 Å². The number of hydrogen-bond acceptors (Lipinski definition) is 3. The first-order chi connectivity index (χ1) is 12.5. The van der Waals surface area contributed by atoms with Crippen molar-refractivity contribution in [1.82, 2.24) is 10.2 Å². The number of aryl methyl sites for hydroxylation is 1. The maximum atomic E-state index is 12.8. The van der Waals surface area contributed by atoms with Crippen LogP contribution in [0.25, 0.3) is 0 Å². The minimum atomic E-state index is -0.463. The highest BCUT2D eigenvalue weighted by Gasteiger charge is 2.24. The molecule has 1 unspecified atom stereocenters. The lowest BCUT2D eigenvalue weighted by Gasteiger charge is -2.30. The zero-order valence-electron chi connectivity index (χ0n) is 16.6. The van der Waals surface area contributed by atoms with Crippen molar-refractivity contribution in [3.63, 3.8) is 0 Å². The number of carbonyl (C=O) groups excluding carboxylic acids is 2. The molecular formula is C21H34ClN3O2. The first-order valence-electron chi connectivity index (χ1n) is 9.88. The van der Waals surface area contributed by atoms with E-state index in [1.165, 1.54) is 5.56 Å². The maximum absolute atomic E-state index is 12.8. The molecule has 0 saturated carbocycles. The lowest BCUT2D eigenvalue weighted by molar-refractivity contribution is -0.137. The van der Waals surface area contributed by atoms with Crippen LogP contribution in [0, 0.1) is 5.92 Å². The Morgan fingerprint density at radius 1 is 1.22 bits per heavy atom. The predicted octanol–water partition coefficient (Wildman–Crippen LogP) is 3.22. The van der Waals surface area contributed by atoms with Crippen molar-refractivity contribution >= 4 is 24.2 Å². The Kier molecular flexibility index (Phi) is 10.4. The Morgan fingerprint density at radius 3 is 2.41 bits per heavy atom. The van der Waals surface area contributed by atoms with E-state index in [9.17, 15) is 9.59 Å². The number of halogens is 1. The average molecular weight is 396 g/mol. The number of nitrogens with zero attached hydrogens (tertiary/aromatic N) is 1. The topological polar surface area (TPSA) is 75.4 Å². The third-order valence-electron chi connectivity index (χ3n) is 5.34. The second-order valence-electron chi connectivity index (χ2n) is 7.39. The molecule has 6 heteroatoms. The van der Waals surface area contributed by atoms with Crippen LogP contribution in [0.3, 0.4) is 0 Å². The van der Waals surface area contributed by atoms with Gasteiger partial charge >= 0.3 is 0 Å². The fourth-order valence-electron chi connectivity index (χ4n) is 3.68. The summed E-state index contributed by atoms with van der Waals surface area (Å²) in [5.74, 6) is 0.154. The van der Waals surface area contributed by atoms with Gasteiger partial charge in [-0.1, -0.05) is 37.6 Å². The van der Waals surface area contributed by atoms with Crippen LogP contribution in [0.2, 0.25) is 0 Å². The number of rotatable bonds is 9. The molecule has 1 saturated heterocycles. The largest absolute Gasteiger partial charge is 0.368 e. The van der Waals surface area contributed by atoms with E-state index in [4.69, 9.17) is 5.73 Å². The Hall–Kier alpha value is -1.59. The van der Waals surface area contributed by atoms with Crippen molar-refractivity contribution < 1.29 is 9.59 Å². The van der Waals surface area contributed by atoms with Crippen LogP contribution in [0.1, 0.15) is 63.1 Å². The van der Waals surface area contributed by atoms with Crippen molar-refractivity contribution in [2.75, 3.05) is 19.6 Å². The molecule has 1 aromatic carbocycles. The second kappa shape index (κ2) is 12.0. The van der Waals surface area contributed by atoms with Gasteiger partial charge in [0.05, 0.1) is 12.6 Å². The van der Waals surface area contributed by atoms with Crippen LogP contribution in [-0.2, 0) is 16.0 Å². The summed E-state index contributed by atoms with van der Waals surface area (Å²) in [6, 6.07) is 8.18. The molecule has 152 valence electrons. The van der Waals surface area contributed by atoms with Gasteiger partial charge in [0.2, 0.25) is 11.8 Å². The van der Waals surface area contributed by atoms with Crippen molar-refractivity contribution in [2.45, 2.75) is 58.4 Å². The molecule has 1 aliphatic rings. The number of nitrogens with one attached hydrogen (secondary N) is 1. The number of piperidine rings is 1. The third kappa shape index (κ3) is 7.51. The highest BCUT2D eigenvalue weighted by Crippen LogP contribution is 2.24. The van der Waals surface area contributed by atoms with Gasteiger partial charge in [-0.2, -0.15) is 0 Å². The molecule has 2 amide bonds. The van der Waals surface area contributed by atoms with Gasteiger partial charge in [-0.05, 0) is 62.7 Å². The summed E-state index contributed by atoms with van der Waals surface area (Å²) in [5.41, 5.74) is 7.75. The lowest BCUT2D eigenvalue weighted by Crippen LogP contribution is -2.40. The molecule has 1 atom stereocenters. The number of amides is 2. The van der Waals surface area contributed by atoms with Crippen molar-refractivity contribution in [2.24, 2.45) is 11.7 Å². The minimum Gasteiger partial charge on any atom is -0.368 e. The summed E-state index contributed by atoms with van der Waals surface area (Å²) in [7, 11) is 0. The summed E-state index contributed by atoms with van der Waals surface area (Å²) in [4.78, 5) is 26.0. The van der Waals surface area contributed by atoms with E-state index in [1.807, 2.05) is 6.92 Å². The van der Waals surface area contributed by atoms with Crippen molar-refractivity contribution in [1.29, 1.82) is 0 Å². The van der Waals surface area contributed by atoms with E-state index in [1.54, 1.807) is 4.90 Å². The Labute approximate surface area is 169 Å². The summed E-state index contributed by atoms with van der Waals surface area (Å²) in [6.07, 6.45) is 5.77. The quantitative estimate of drug-likeness (QED) is 0.674. The molecule has 1 aliphatic heterocycles.